The number of ether oxygens (including phenoxy) is 1. The fraction of sp³-hybridized carbons (Fsp3) is 0.200. The van der Waals surface area contributed by atoms with Crippen LogP contribution >= 0.6 is 0 Å². The Labute approximate surface area is 174 Å². The summed E-state index contributed by atoms with van der Waals surface area (Å²) < 4.78 is 19.6. The van der Waals surface area contributed by atoms with Crippen molar-refractivity contribution in [1.29, 1.82) is 0 Å². The highest BCUT2D eigenvalue weighted by atomic mass is 19.1. The molecule has 151 valence electrons. The zero-order valence-corrected chi connectivity index (χ0v) is 16.4. The van der Waals surface area contributed by atoms with Crippen LogP contribution in [0.1, 0.15) is 22.7 Å². The van der Waals surface area contributed by atoms with Crippen LogP contribution in [0.25, 0.3) is 10.9 Å². The van der Waals surface area contributed by atoms with Crippen molar-refractivity contribution in [1.82, 2.24) is 4.98 Å². The Morgan fingerprint density at radius 2 is 1.87 bits per heavy atom. The Morgan fingerprint density at radius 3 is 2.70 bits per heavy atom. The summed E-state index contributed by atoms with van der Waals surface area (Å²) in [4.78, 5) is 5.72. The van der Waals surface area contributed by atoms with Gasteiger partial charge in [-0.25, -0.2) is 4.39 Å². The lowest BCUT2D eigenvalue weighted by Crippen LogP contribution is -2.36. The van der Waals surface area contributed by atoms with Crippen LogP contribution in [-0.2, 0) is 4.74 Å². The van der Waals surface area contributed by atoms with Gasteiger partial charge in [-0.15, -0.1) is 0 Å². The van der Waals surface area contributed by atoms with E-state index in [2.05, 4.69) is 28.1 Å². The van der Waals surface area contributed by atoms with E-state index in [-0.39, 0.29) is 17.5 Å². The molecule has 1 radical (unpaired) electrons. The Hall–Kier alpha value is -3.31. The second-order valence-corrected chi connectivity index (χ2v) is 7.57. The second-order valence-electron chi connectivity index (χ2n) is 7.57. The summed E-state index contributed by atoms with van der Waals surface area (Å²) in [6.07, 6.45) is 0. The molecule has 1 fully saturated rings. The number of nitrogens with zero attached hydrogens (tertiary/aromatic N) is 1. The minimum atomic E-state index is -0.378. The summed E-state index contributed by atoms with van der Waals surface area (Å²) in [5, 5.41) is 11.7. The average Bonchev–Trinajstić information content (AvgIpc) is 3.21. The number of hydrogen-bond acceptors (Lipinski definition) is 3. The highest BCUT2D eigenvalue weighted by Crippen LogP contribution is 2.39. The van der Waals surface area contributed by atoms with Crippen LogP contribution in [0.5, 0.6) is 5.75 Å². The molecule has 1 aromatic heterocycles. The number of phenols is 1. The number of hydrogen-bond donors (Lipinski definition) is 2. The molecule has 1 aliphatic heterocycles. The average molecular weight is 401 g/mol. The van der Waals surface area contributed by atoms with Gasteiger partial charge in [0.1, 0.15) is 11.6 Å². The molecule has 4 aromatic rings. The first-order valence-corrected chi connectivity index (χ1v) is 10.1. The molecule has 1 atom stereocenters. The first-order chi connectivity index (χ1) is 14.7. The second kappa shape index (κ2) is 7.84. The van der Waals surface area contributed by atoms with E-state index in [4.69, 9.17) is 4.74 Å². The zero-order valence-electron chi connectivity index (χ0n) is 16.4. The van der Waals surface area contributed by atoms with Crippen molar-refractivity contribution in [2.75, 3.05) is 31.2 Å². The molecule has 0 amide bonds. The molecule has 5 rings (SSSR count). The normalized spacial score (nSPS) is 15.4. The molecule has 3 aromatic carbocycles. The summed E-state index contributed by atoms with van der Waals surface area (Å²) in [7, 11) is 0. The highest BCUT2D eigenvalue weighted by Gasteiger charge is 2.24. The van der Waals surface area contributed by atoms with E-state index in [0.717, 1.165) is 40.9 Å². The predicted molar refractivity (Wildman–Crippen MR) is 116 cm³/mol. The molecule has 0 saturated carbocycles. The summed E-state index contributed by atoms with van der Waals surface area (Å²) in [6.45, 7) is 3.03. The monoisotopic (exact) mass is 401 g/mol. The number of rotatable bonds is 4. The Morgan fingerprint density at radius 1 is 1.03 bits per heavy atom. The summed E-state index contributed by atoms with van der Waals surface area (Å²) >= 11 is 0. The van der Waals surface area contributed by atoms with Crippen LogP contribution in [0, 0.1) is 11.9 Å². The van der Waals surface area contributed by atoms with Crippen LogP contribution in [-0.4, -0.2) is 36.4 Å². The predicted octanol–water partition coefficient (Wildman–Crippen LogP) is 4.83. The summed E-state index contributed by atoms with van der Waals surface area (Å²) in [5.74, 6) is -0.667. The largest absolute Gasteiger partial charge is 0.508 e. The smallest absolute Gasteiger partial charge is 0.123 e. The van der Waals surface area contributed by atoms with Gasteiger partial charge in [0.2, 0.25) is 0 Å². The van der Waals surface area contributed by atoms with Crippen molar-refractivity contribution in [2.45, 2.75) is 5.92 Å². The summed E-state index contributed by atoms with van der Waals surface area (Å²) in [6, 6.07) is 23.4. The number of fused-ring (bicyclic) bond motifs is 1. The number of morpholine rings is 1. The first-order valence-electron chi connectivity index (χ1n) is 10.1. The number of para-hydroxylation sites is 1. The molecule has 4 nitrogen and oxygen atoms in total. The standard InChI is InChI=1S/C25H22FN2O2/c26-19-8-9-24(29)21(16-19)25(23-15-17-4-1-2-7-22(17)27-23)18-5-3-6-20(14-18)28-10-12-30-13-11-28/h1-2,4-9,14-16,25,27,29H,10-13H2/t25-/m1/s1. The van der Waals surface area contributed by atoms with Crippen molar-refractivity contribution in [3.8, 4) is 5.75 Å². The van der Waals surface area contributed by atoms with Crippen molar-refractivity contribution in [3.05, 3.63) is 95.4 Å². The molecule has 5 heteroatoms. The lowest BCUT2D eigenvalue weighted by Gasteiger charge is -2.29. The van der Waals surface area contributed by atoms with Gasteiger partial charge in [-0.1, -0.05) is 18.2 Å². The van der Waals surface area contributed by atoms with E-state index in [1.54, 1.807) is 0 Å². The number of aromatic nitrogens is 1. The number of benzene rings is 3. The Balaban J connectivity index is 1.65. The number of phenolic OH excluding ortho intramolecular Hbond substituents is 1. The van der Waals surface area contributed by atoms with Gasteiger partial charge in [0.05, 0.1) is 19.1 Å². The van der Waals surface area contributed by atoms with Crippen LogP contribution in [0.3, 0.4) is 0 Å². The minimum Gasteiger partial charge on any atom is -0.508 e. The molecule has 0 spiro atoms. The molecule has 1 saturated heterocycles. The highest BCUT2D eigenvalue weighted by molar-refractivity contribution is 5.81. The maximum Gasteiger partial charge on any atom is 0.123 e. The third-order valence-corrected chi connectivity index (χ3v) is 5.67. The Bertz CT molecular complexity index is 1150. The summed E-state index contributed by atoms with van der Waals surface area (Å²) in [5.41, 5.74) is 4.40. The molecule has 2 N–H and O–H groups in total. The Kier molecular flexibility index (Phi) is 4.89. The lowest BCUT2D eigenvalue weighted by atomic mass is 9.87. The van der Waals surface area contributed by atoms with Crippen molar-refractivity contribution >= 4 is 16.6 Å². The van der Waals surface area contributed by atoms with E-state index in [1.165, 1.54) is 18.2 Å². The maximum atomic E-state index is 14.2. The topological polar surface area (TPSA) is 48.5 Å². The number of H-pyrrole nitrogens is 1. The van der Waals surface area contributed by atoms with Gasteiger partial charge in [0.25, 0.3) is 0 Å². The number of aromatic amines is 1. The maximum absolute atomic E-state index is 14.2. The van der Waals surface area contributed by atoms with E-state index in [0.29, 0.717) is 18.8 Å². The van der Waals surface area contributed by atoms with Crippen LogP contribution in [0.2, 0.25) is 0 Å². The zero-order chi connectivity index (χ0) is 20.5. The SMILES string of the molecule is Oc1ccc(F)cc1[C@@H](c1c[c]cc(N2CCOCC2)c1)c1cc2ccccc2[nH]1. The van der Waals surface area contributed by atoms with Gasteiger partial charge in [-0.3, -0.25) is 0 Å². The molecule has 1 aliphatic rings. The number of nitrogens with one attached hydrogen (secondary N) is 1. The van der Waals surface area contributed by atoms with Crippen molar-refractivity contribution < 1.29 is 14.2 Å². The van der Waals surface area contributed by atoms with Gasteiger partial charge >= 0.3 is 0 Å². The van der Waals surface area contributed by atoms with Gasteiger partial charge in [0.15, 0.2) is 0 Å². The molecule has 2 heterocycles. The van der Waals surface area contributed by atoms with E-state index < -0.39 is 0 Å². The third-order valence-electron chi connectivity index (χ3n) is 5.67. The van der Waals surface area contributed by atoms with Crippen LogP contribution in [0.4, 0.5) is 10.1 Å². The number of halogens is 1. The van der Waals surface area contributed by atoms with Gasteiger partial charge in [-0.2, -0.15) is 0 Å². The number of anilines is 1. The molecular formula is C25H22FN2O2. The van der Waals surface area contributed by atoms with E-state index >= 15 is 0 Å². The third kappa shape index (κ3) is 3.53. The van der Waals surface area contributed by atoms with Crippen molar-refractivity contribution in [2.24, 2.45) is 0 Å². The van der Waals surface area contributed by atoms with Gasteiger partial charge in [0, 0.05) is 35.6 Å². The number of aromatic hydroxyl groups is 1. The quantitative estimate of drug-likeness (QED) is 0.515. The fourth-order valence-corrected chi connectivity index (χ4v) is 4.18. The van der Waals surface area contributed by atoms with E-state index in [1.807, 2.05) is 36.4 Å². The fourth-order valence-electron chi connectivity index (χ4n) is 4.18. The molecule has 0 unspecified atom stereocenters. The van der Waals surface area contributed by atoms with Crippen LogP contribution < -0.4 is 4.90 Å². The molecule has 0 bridgehead atoms. The molecular weight excluding hydrogens is 379 g/mol. The van der Waals surface area contributed by atoms with Crippen LogP contribution in [0.15, 0.2) is 66.7 Å². The molecule has 30 heavy (non-hydrogen) atoms. The first kappa shape index (κ1) is 18.7. The minimum absolute atomic E-state index is 0.0665. The van der Waals surface area contributed by atoms with Crippen molar-refractivity contribution in [3.63, 3.8) is 0 Å². The van der Waals surface area contributed by atoms with E-state index in [9.17, 15) is 9.50 Å². The molecule has 0 aliphatic carbocycles. The van der Waals surface area contributed by atoms with Gasteiger partial charge in [-0.05, 0) is 65.5 Å². The van der Waals surface area contributed by atoms with Gasteiger partial charge < -0.3 is 19.7 Å². The lowest BCUT2D eigenvalue weighted by molar-refractivity contribution is 0.122.